The largest absolute Gasteiger partial charge is 0.396 e. The maximum atomic E-state index is 9.38. The lowest BCUT2D eigenvalue weighted by Crippen LogP contribution is -2.66. The van der Waals surface area contributed by atoms with Crippen molar-refractivity contribution < 1.29 is 9.84 Å². The van der Waals surface area contributed by atoms with Crippen LogP contribution in [0.25, 0.3) is 0 Å². The fourth-order valence-corrected chi connectivity index (χ4v) is 7.45. The van der Waals surface area contributed by atoms with Gasteiger partial charge in [0, 0.05) is 57.0 Å². The molecule has 2 aliphatic rings. The Balaban J connectivity index is 1.88. The van der Waals surface area contributed by atoms with Gasteiger partial charge in [0.1, 0.15) is 5.84 Å². The number of methoxy groups -OCH3 is 1. The predicted molar refractivity (Wildman–Crippen MR) is 196 cm³/mol. The van der Waals surface area contributed by atoms with E-state index in [1.807, 2.05) is 0 Å². The van der Waals surface area contributed by atoms with Crippen LogP contribution in [0.1, 0.15) is 169 Å². The topological polar surface area (TPSA) is 111 Å². The van der Waals surface area contributed by atoms with Gasteiger partial charge in [-0.25, -0.2) is 15.8 Å². The van der Waals surface area contributed by atoms with E-state index in [-0.39, 0.29) is 24.0 Å². The molecule has 0 amide bonds. The van der Waals surface area contributed by atoms with Crippen LogP contribution in [0.4, 0.5) is 0 Å². The molecule has 0 spiro atoms. The molecule has 5 N–H and O–H groups in total. The molecule has 0 radical (unpaired) electrons. The van der Waals surface area contributed by atoms with Crippen LogP contribution in [0.3, 0.4) is 0 Å². The molecule has 0 aromatic carbocycles. The number of unbranched alkanes of at least 4 members (excludes halogenated alkanes) is 15. The lowest BCUT2D eigenvalue weighted by atomic mass is 9.79. The molecule has 1 atom stereocenters. The molecule has 0 aromatic heterocycles. The van der Waals surface area contributed by atoms with Crippen molar-refractivity contribution in [3.05, 3.63) is 0 Å². The van der Waals surface area contributed by atoms with Gasteiger partial charge in [0.2, 0.25) is 5.96 Å². The van der Waals surface area contributed by atoms with Gasteiger partial charge in [-0.15, -0.1) is 0 Å². The van der Waals surface area contributed by atoms with Gasteiger partial charge in [-0.05, 0) is 59.8 Å². The molecule has 0 bridgehead atoms. The van der Waals surface area contributed by atoms with E-state index in [4.69, 9.17) is 20.6 Å². The zero-order valence-corrected chi connectivity index (χ0v) is 31.1. The highest BCUT2D eigenvalue weighted by atomic mass is 16.5. The summed E-state index contributed by atoms with van der Waals surface area (Å²) >= 11 is 0. The van der Waals surface area contributed by atoms with E-state index >= 15 is 0 Å². The highest BCUT2D eigenvalue weighted by Gasteiger charge is 2.42. The maximum absolute atomic E-state index is 9.38. The number of piperidine rings is 1. The van der Waals surface area contributed by atoms with Crippen molar-refractivity contribution in [2.24, 2.45) is 15.8 Å². The van der Waals surface area contributed by atoms with Crippen LogP contribution in [0.2, 0.25) is 0 Å². The van der Waals surface area contributed by atoms with Gasteiger partial charge in [-0.2, -0.15) is 4.99 Å². The van der Waals surface area contributed by atoms with Crippen molar-refractivity contribution in [2.45, 2.75) is 193 Å². The fraction of sp³-hybridized carbons (Fsp3) is 0.946. The Bertz CT molecular complexity index is 832. The van der Waals surface area contributed by atoms with E-state index in [9.17, 15) is 5.11 Å². The van der Waals surface area contributed by atoms with Gasteiger partial charge >= 0.3 is 0 Å². The highest BCUT2D eigenvalue weighted by molar-refractivity contribution is 5.97. The lowest BCUT2D eigenvalue weighted by molar-refractivity contribution is 0.0845. The molecule has 270 valence electrons. The molecule has 9 heteroatoms. The Morgan fingerprint density at radius 1 is 0.848 bits per heavy atom. The minimum atomic E-state index is -0.386. The molecular weight excluding hydrogens is 574 g/mol. The van der Waals surface area contributed by atoms with Gasteiger partial charge in [0.25, 0.3) is 0 Å². The quantitative estimate of drug-likeness (QED) is 0.0568. The highest BCUT2D eigenvalue weighted by Crippen LogP contribution is 2.32. The molecule has 1 unspecified atom stereocenters. The van der Waals surface area contributed by atoms with Gasteiger partial charge in [-0.1, -0.05) is 103 Å². The zero-order valence-electron chi connectivity index (χ0n) is 31.1. The van der Waals surface area contributed by atoms with Crippen molar-refractivity contribution in [3.8, 4) is 0 Å². The molecule has 2 rings (SSSR count). The third-order valence-electron chi connectivity index (χ3n) is 9.52. The Hall–Kier alpha value is -1.26. The summed E-state index contributed by atoms with van der Waals surface area (Å²) < 4.78 is 5.44. The average Bonchev–Trinajstić information content (AvgIpc) is 2.99. The Morgan fingerprint density at radius 3 is 1.87 bits per heavy atom. The first-order valence-corrected chi connectivity index (χ1v) is 19.2. The third-order valence-corrected chi connectivity index (χ3v) is 9.52. The number of ether oxygens (including phenoxy) is 1. The summed E-state index contributed by atoms with van der Waals surface area (Å²) in [5, 5.41) is 18.4. The fourth-order valence-electron chi connectivity index (χ4n) is 7.45. The standard InChI is InChI=1S/C37H75N7O2/c1-7-8-9-10-11-12-13-14-15-16-17-18-19-20-21-22-25-33-40-34(39-26-23-28-45)44(38)35(41-33)43(27-24-29-46-6)32-30-36(2,3)42-37(4,5)31-32/h32,34,39,42,45H,7-31,38H2,1-6H3. The maximum Gasteiger partial charge on any atom is 0.220 e. The number of aliphatic hydroxyl groups is 1. The SMILES string of the molecule is CCCCCCCCCCCCCCCCCCC1=NC(NCCCO)N(N)C(N(CCCOC)C2CC(C)(C)NC(C)(C)C2)=N1. The van der Waals surface area contributed by atoms with Crippen molar-refractivity contribution in [1.29, 1.82) is 0 Å². The first-order valence-electron chi connectivity index (χ1n) is 19.2. The van der Waals surface area contributed by atoms with E-state index in [2.05, 4.69) is 50.2 Å². The van der Waals surface area contributed by atoms with E-state index in [0.29, 0.717) is 25.6 Å². The minimum absolute atomic E-state index is 0.00380. The normalized spacial score (nSPS) is 19.7. The van der Waals surface area contributed by atoms with Crippen molar-refractivity contribution in [1.82, 2.24) is 20.5 Å². The summed E-state index contributed by atoms with van der Waals surface area (Å²) in [5.74, 6) is 8.47. The summed E-state index contributed by atoms with van der Waals surface area (Å²) in [7, 11) is 1.76. The second-order valence-corrected chi connectivity index (χ2v) is 15.3. The van der Waals surface area contributed by atoms with Crippen LogP contribution in [-0.2, 0) is 4.74 Å². The number of aliphatic imine (C=N–C) groups is 2. The third kappa shape index (κ3) is 16.7. The van der Waals surface area contributed by atoms with E-state index in [1.165, 1.54) is 96.3 Å². The van der Waals surface area contributed by atoms with Crippen LogP contribution in [0.15, 0.2) is 9.98 Å². The monoisotopic (exact) mass is 650 g/mol. The Morgan fingerprint density at radius 2 is 1.37 bits per heavy atom. The summed E-state index contributed by atoms with van der Waals surface area (Å²) in [6.45, 7) is 13.8. The van der Waals surface area contributed by atoms with Crippen LogP contribution in [-0.4, -0.2) is 83.6 Å². The Labute approximate surface area is 283 Å². The summed E-state index contributed by atoms with van der Waals surface area (Å²) in [6.07, 6.45) is 25.9. The smallest absolute Gasteiger partial charge is 0.220 e. The van der Waals surface area contributed by atoms with E-state index < -0.39 is 0 Å². The molecular formula is C37H75N7O2. The molecule has 9 nitrogen and oxygen atoms in total. The number of aliphatic hydroxyl groups excluding tert-OH is 1. The number of hydrazine groups is 1. The van der Waals surface area contributed by atoms with E-state index in [0.717, 1.165) is 50.4 Å². The van der Waals surface area contributed by atoms with Gasteiger partial charge in [0.15, 0.2) is 6.29 Å². The number of guanidine groups is 1. The molecule has 2 heterocycles. The molecule has 1 saturated heterocycles. The number of hydrogen-bond donors (Lipinski definition) is 4. The van der Waals surface area contributed by atoms with Crippen LogP contribution in [0, 0.1) is 0 Å². The van der Waals surface area contributed by atoms with Crippen LogP contribution < -0.4 is 16.5 Å². The molecule has 1 fully saturated rings. The molecule has 2 aliphatic heterocycles. The first-order chi connectivity index (χ1) is 22.1. The molecule has 0 aromatic rings. The van der Waals surface area contributed by atoms with Gasteiger partial charge < -0.3 is 20.1 Å². The number of nitrogens with one attached hydrogen (secondary N) is 2. The predicted octanol–water partition coefficient (Wildman–Crippen LogP) is 7.49. The van der Waals surface area contributed by atoms with Crippen molar-refractivity contribution >= 4 is 11.8 Å². The lowest BCUT2D eigenvalue weighted by Gasteiger charge is -2.51. The summed E-state index contributed by atoms with van der Waals surface area (Å²) in [6, 6.07) is 0.292. The van der Waals surface area contributed by atoms with E-state index in [1.54, 1.807) is 12.1 Å². The number of nitrogens with two attached hydrogens (primary N) is 1. The number of amidine groups is 1. The first kappa shape index (κ1) is 40.9. The summed E-state index contributed by atoms with van der Waals surface area (Å²) in [5.41, 5.74) is 0.00759. The summed E-state index contributed by atoms with van der Waals surface area (Å²) in [4.78, 5) is 12.5. The van der Waals surface area contributed by atoms with Crippen LogP contribution in [0.5, 0.6) is 0 Å². The second-order valence-electron chi connectivity index (χ2n) is 15.3. The minimum Gasteiger partial charge on any atom is -0.396 e. The van der Waals surface area contributed by atoms with Crippen molar-refractivity contribution in [2.75, 3.05) is 33.4 Å². The van der Waals surface area contributed by atoms with Crippen LogP contribution >= 0.6 is 0 Å². The molecule has 0 saturated carbocycles. The molecule has 0 aliphatic carbocycles. The average molecular weight is 650 g/mol. The van der Waals surface area contributed by atoms with Crippen molar-refractivity contribution in [3.63, 3.8) is 0 Å². The van der Waals surface area contributed by atoms with Gasteiger partial charge in [-0.3, -0.25) is 5.32 Å². The Kier molecular flexibility index (Phi) is 20.6. The number of nitrogens with zero attached hydrogens (tertiary/aromatic N) is 4. The molecule has 46 heavy (non-hydrogen) atoms. The number of hydrogen-bond acceptors (Lipinski definition) is 9. The number of rotatable bonds is 26. The van der Waals surface area contributed by atoms with Gasteiger partial charge in [0.05, 0.1) is 0 Å². The second kappa shape index (κ2) is 23.2. The zero-order chi connectivity index (χ0) is 33.7.